The van der Waals surface area contributed by atoms with E-state index in [0.29, 0.717) is 5.69 Å². The molecule has 2 rings (SSSR count). The lowest BCUT2D eigenvalue weighted by atomic mass is 10.1. The van der Waals surface area contributed by atoms with Gasteiger partial charge in [-0.2, -0.15) is 5.10 Å². The van der Waals surface area contributed by atoms with Crippen LogP contribution in [0.3, 0.4) is 0 Å². The van der Waals surface area contributed by atoms with Gasteiger partial charge in [0, 0.05) is 17.3 Å². The Balaban J connectivity index is 2.53. The van der Waals surface area contributed by atoms with Crippen LogP contribution in [-0.4, -0.2) is 26.5 Å². The molecule has 0 aliphatic rings. The van der Waals surface area contributed by atoms with Crippen molar-refractivity contribution in [2.24, 2.45) is 0 Å². The van der Waals surface area contributed by atoms with E-state index >= 15 is 0 Å². The molecular weight excluding hydrogens is 252 g/mol. The standard InChI is InChI=1S/C15H22N4O/c1-6-11(5)17-15(20)13-7-12(9(2)3)18-14-10(4)8-16-19(13)14/h7-9,11H,6H2,1-5H3,(H,17,20). The summed E-state index contributed by atoms with van der Waals surface area (Å²) in [7, 11) is 0. The van der Waals surface area contributed by atoms with Gasteiger partial charge >= 0.3 is 0 Å². The lowest BCUT2D eigenvalue weighted by molar-refractivity contribution is 0.0931. The molecule has 2 aromatic rings. The van der Waals surface area contributed by atoms with Crippen LogP contribution in [0.15, 0.2) is 12.3 Å². The number of amides is 1. The van der Waals surface area contributed by atoms with Gasteiger partial charge in [-0.3, -0.25) is 4.79 Å². The maximum Gasteiger partial charge on any atom is 0.270 e. The molecule has 5 heteroatoms. The second kappa shape index (κ2) is 5.61. The largest absolute Gasteiger partial charge is 0.348 e. The molecule has 1 unspecified atom stereocenters. The summed E-state index contributed by atoms with van der Waals surface area (Å²) >= 11 is 0. The molecule has 2 heterocycles. The Labute approximate surface area is 119 Å². The number of rotatable bonds is 4. The summed E-state index contributed by atoms with van der Waals surface area (Å²) in [5.41, 5.74) is 3.19. The Kier molecular flexibility index (Phi) is 4.06. The summed E-state index contributed by atoms with van der Waals surface area (Å²) < 4.78 is 1.62. The van der Waals surface area contributed by atoms with Crippen molar-refractivity contribution in [1.82, 2.24) is 19.9 Å². The molecule has 1 atom stereocenters. The highest BCUT2D eigenvalue weighted by atomic mass is 16.2. The predicted molar refractivity (Wildman–Crippen MR) is 79.0 cm³/mol. The predicted octanol–water partition coefficient (Wildman–Crippen LogP) is 2.69. The van der Waals surface area contributed by atoms with Crippen molar-refractivity contribution in [3.05, 3.63) is 29.2 Å². The third-order valence-corrected chi connectivity index (χ3v) is 3.48. The van der Waals surface area contributed by atoms with Crippen molar-refractivity contribution in [2.45, 2.75) is 53.0 Å². The fourth-order valence-electron chi connectivity index (χ4n) is 1.95. The minimum atomic E-state index is -0.100. The first kappa shape index (κ1) is 14.5. The van der Waals surface area contributed by atoms with Crippen molar-refractivity contribution >= 4 is 11.6 Å². The van der Waals surface area contributed by atoms with Gasteiger partial charge in [0.2, 0.25) is 0 Å². The molecule has 0 saturated carbocycles. The van der Waals surface area contributed by atoms with E-state index in [-0.39, 0.29) is 17.9 Å². The first-order chi connectivity index (χ1) is 9.43. The molecule has 5 nitrogen and oxygen atoms in total. The molecule has 0 saturated heterocycles. The summed E-state index contributed by atoms with van der Waals surface area (Å²) in [6, 6.07) is 1.98. The molecule has 1 amide bonds. The average Bonchev–Trinajstić information content (AvgIpc) is 2.79. The van der Waals surface area contributed by atoms with Gasteiger partial charge in [0.05, 0.1) is 6.20 Å². The summed E-state index contributed by atoms with van der Waals surface area (Å²) in [4.78, 5) is 17.0. The maximum absolute atomic E-state index is 12.4. The van der Waals surface area contributed by atoms with Crippen molar-refractivity contribution in [3.63, 3.8) is 0 Å². The average molecular weight is 274 g/mol. The Hall–Kier alpha value is -1.91. The number of aryl methyl sites for hydroxylation is 1. The van der Waals surface area contributed by atoms with Gasteiger partial charge in [-0.05, 0) is 32.3 Å². The molecule has 0 fully saturated rings. The van der Waals surface area contributed by atoms with Crippen LogP contribution in [0.25, 0.3) is 5.65 Å². The minimum Gasteiger partial charge on any atom is -0.348 e. The highest BCUT2D eigenvalue weighted by Crippen LogP contribution is 2.17. The number of hydrogen-bond acceptors (Lipinski definition) is 3. The van der Waals surface area contributed by atoms with Crippen LogP contribution in [0.4, 0.5) is 0 Å². The van der Waals surface area contributed by atoms with E-state index in [1.807, 2.05) is 26.8 Å². The number of nitrogens with one attached hydrogen (secondary N) is 1. The second-order valence-corrected chi connectivity index (χ2v) is 5.57. The molecule has 108 valence electrons. The minimum absolute atomic E-state index is 0.100. The zero-order chi connectivity index (χ0) is 14.9. The molecule has 1 N–H and O–H groups in total. The Morgan fingerprint density at radius 3 is 2.70 bits per heavy atom. The first-order valence-electron chi connectivity index (χ1n) is 7.10. The highest BCUT2D eigenvalue weighted by Gasteiger charge is 2.17. The first-order valence-corrected chi connectivity index (χ1v) is 7.10. The Bertz CT molecular complexity index is 630. The van der Waals surface area contributed by atoms with E-state index in [2.05, 4.69) is 29.2 Å². The van der Waals surface area contributed by atoms with Gasteiger partial charge in [0.15, 0.2) is 5.65 Å². The van der Waals surface area contributed by atoms with Crippen LogP contribution in [0.5, 0.6) is 0 Å². The molecule has 2 aromatic heterocycles. The van der Waals surface area contributed by atoms with Gasteiger partial charge < -0.3 is 5.32 Å². The van der Waals surface area contributed by atoms with Crippen LogP contribution >= 0.6 is 0 Å². The van der Waals surface area contributed by atoms with E-state index in [9.17, 15) is 4.79 Å². The Morgan fingerprint density at radius 2 is 2.10 bits per heavy atom. The van der Waals surface area contributed by atoms with Crippen molar-refractivity contribution in [2.75, 3.05) is 0 Å². The molecule has 0 aromatic carbocycles. The number of carbonyl (C=O) groups excluding carboxylic acids is 1. The molecule has 20 heavy (non-hydrogen) atoms. The zero-order valence-corrected chi connectivity index (χ0v) is 12.8. The highest BCUT2D eigenvalue weighted by molar-refractivity contribution is 5.93. The lowest BCUT2D eigenvalue weighted by Gasteiger charge is -2.14. The number of hydrogen-bond donors (Lipinski definition) is 1. The van der Waals surface area contributed by atoms with Gasteiger partial charge in [-0.1, -0.05) is 20.8 Å². The van der Waals surface area contributed by atoms with Gasteiger partial charge in [0.25, 0.3) is 5.91 Å². The van der Waals surface area contributed by atoms with Gasteiger partial charge in [-0.15, -0.1) is 0 Å². The summed E-state index contributed by atoms with van der Waals surface area (Å²) in [5.74, 6) is 0.168. The van der Waals surface area contributed by atoms with Crippen LogP contribution in [0.2, 0.25) is 0 Å². The third-order valence-electron chi connectivity index (χ3n) is 3.48. The molecule has 0 bridgehead atoms. The SMILES string of the molecule is CCC(C)NC(=O)c1cc(C(C)C)nc2c(C)cnn12. The van der Waals surface area contributed by atoms with Crippen molar-refractivity contribution in [1.29, 1.82) is 0 Å². The second-order valence-electron chi connectivity index (χ2n) is 5.57. The molecule has 0 aliphatic carbocycles. The molecule has 0 aliphatic heterocycles. The third kappa shape index (κ3) is 2.66. The normalized spacial score (nSPS) is 12.9. The van der Waals surface area contributed by atoms with Crippen LogP contribution in [0.1, 0.15) is 61.8 Å². The number of fused-ring (bicyclic) bond motifs is 1. The quantitative estimate of drug-likeness (QED) is 0.932. The Morgan fingerprint density at radius 1 is 1.40 bits per heavy atom. The van der Waals surface area contributed by atoms with Crippen LogP contribution in [0, 0.1) is 6.92 Å². The fraction of sp³-hybridized carbons (Fsp3) is 0.533. The maximum atomic E-state index is 12.4. The van der Waals surface area contributed by atoms with Gasteiger partial charge in [0.1, 0.15) is 5.69 Å². The van der Waals surface area contributed by atoms with Gasteiger partial charge in [-0.25, -0.2) is 9.50 Å². The van der Waals surface area contributed by atoms with Crippen LogP contribution < -0.4 is 5.32 Å². The van der Waals surface area contributed by atoms with E-state index in [0.717, 1.165) is 23.3 Å². The van der Waals surface area contributed by atoms with E-state index in [1.165, 1.54) is 0 Å². The number of aromatic nitrogens is 3. The molecular formula is C15H22N4O. The van der Waals surface area contributed by atoms with Crippen molar-refractivity contribution in [3.8, 4) is 0 Å². The smallest absolute Gasteiger partial charge is 0.270 e. The van der Waals surface area contributed by atoms with E-state index < -0.39 is 0 Å². The fourth-order valence-corrected chi connectivity index (χ4v) is 1.95. The topological polar surface area (TPSA) is 59.3 Å². The summed E-state index contributed by atoms with van der Waals surface area (Å²) in [5, 5.41) is 7.25. The zero-order valence-electron chi connectivity index (χ0n) is 12.8. The number of carbonyl (C=O) groups is 1. The lowest BCUT2D eigenvalue weighted by Crippen LogP contribution is -2.33. The van der Waals surface area contributed by atoms with Crippen molar-refractivity contribution < 1.29 is 4.79 Å². The van der Waals surface area contributed by atoms with E-state index in [4.69, 9.17) is 0 Å². The molecule has 0 radical (unpaired) electrons. The number of nitrogens with zero attached hydrogens (tertiary/aromatic N) is 3. The molecule has 0 spiro atoms. The van der Waals surface area contributed by atoms with Crippen LogP contribution in [-0.2, 0) is 0 Å². The summed E-state index contributed by atoms with van der Waals surface area (Å²) in [6.07, 6.45) is 2.64. The summed E-state index contributed by atoms with van der Waals surface area (Å²) in [6.45, 7) is 10.1. The monoisotopic (exact) mass is 274 g/mol. The van der Waals surface area contributed by atoms with E-state index in [1.54, 1.807) is 10.7 Å².